The van der Waals surface area contributed by atoms with Crippen LogP contribution in [0.15, 0.2) is 0 Å². The summed E-state index contributed by atoms with van der Waals surface area (Å²) in [5.74, 6) is 0. The van der Waals surface area contributed by atoms with Crippen molar-refractivity contribution in [1.82, 2.24) is 10.2 Å². The Morgan fingerprint density at radius 3 is 1.30 bits per heavy atom. The number of nitrogens with one attached hydrogen (secondary N) is 2. The second kappa shape index (κ2) is 12.7. The van der Waals surface area contributed by atoms with Crippen LogP contribution in [-0.4, -0.2) is 83.6 Å². The van der Waals surface area contributed by atoms with E-state index >= 15 is 0 Å². The highest BCUT2D eigenvalue weighted by molar-refractivity contribution is 7.19. The van der Waals surface area contributed by atoms with E-state index in [1.807, 2.05) is 0 Å². The Morgan fingerprint density at radius 2 is 1.00 bits per heavy atom. The van der Waals surface area contributed by atoms with E-state index < -0.39 is 17.6 Å². The lowest BCUT2D eigenvalue weighted by molar-refractivity contribution is 0.122. The molecule has 0 bridgehead atoms. The molecule has 0 unspecified atom stereocenters. The minimum Gasteiger partial charge on any atom is -0.377 e. The summed E-state index contributed by atoms with van der Waals surface area (Å²) in [5.41, 5.74) is 0. The Morgan fingerprint density at radius 1 is 0.667 bits per heavy atom. The maximum absolute atomic E-state index is 5.40. The minimum absolute atomic E-state index is 0.734. The van der Waals surface area contributed by atoms with Crippen LogP contribution in [0.2, 0.25) is 12.1 Å². The molecule has 0 radical (unpaired) electrons. The van der Waals surface area contributed by atoms with Crippen molar-refractivity contribution >= 4 is 39.2 Å². The number of rotatable bonds is 16. The quantitative estimate of drug-likeness (QED) is 0.292. The van der Waals surface area contributed by atoms with Crippen LogP contribution in [0.5, 0.6) is 0 Å². The van der Waals surface area contributed by atoms with Gasteiger partial charge in [0.15, 0.2) is 0 Å². The molecule has 0 saturated heterocycles. The standard InChI is InChI=1S/C14H32N4O6SSi2/c1-19-26(20-2,21-3)11-7-9-15-13-17-18-14(25-13)16-10-8-12-27(22-4,23-5)24-6/h7-12H2,1-6H3,(H,15,17)(H,16,18). The summed E-state index contributed by atoms with van der Waals surface area (Å²) < 4.78 is 32.4. The molecule has 1 aromatic rings. The zero-order chi connectivity index (χ0) is 20.2. The second-order valence-corrected chi connectivity index (χ2v) is 12.7. The summed E-state index contributed by atoms with van der Waals surface area (Å²) in [5, 5.41) is 16.3. The molecule has 1 heterocycles. The fraction of sp³-hybridized carbons (Fsp3) is 0.857. The van der Waals surface area contributed by atoms with Gasteiger partial charge in [0.1, 0.15) is 0 Å². The third-order valence-electron chi connectivity index (χ3n) is 4.16. The first-order valence-electron chi connectivity index (χ1n) is 8.64. The van der Waals surface area contributed by atoms with E-state index in [1.165, 1.54) is 11.3 Å². The molecule has 13 heteroatoms. The molecule has 0 aliphatic rings. The van der Waals surface area contributed by atoms with Crippen LogP contribution in [0.25, 0.3) is 0 Å². The lowest BCUT2D eigenvalue weighted by Crippen LogP contribution is -2.42. The van der Waals surface area contributed by atoms with E-state index in [0.29, 0.717) is 0 Å². The van der Waals surface area contributed by atoms with Gasteiger partial charge in [0.05, 0.1) is 0 Å². The van der Waals surface area contributed by atoms with Crippen LogP contribution in [0.3, 0.4) is 0 Å². The minimum atomic E-state index is -2.51. The molecular formula is C14H32N4O6SSi2. The Bertz CT molecular complexity index is 461. The van der Waals surface area contributed by atoms with E-state index in [9.17, 15) is 0 Å². The molecule has 0 atom stereocenters. The predicted molar refractivity (Wildman–Crippen MR) is 109 cm³/mol. The van der Waals surface area contributed by atoms with Gasteiger partial charge in [-0.1, -0.05) is 11.3 Å². The van der Waals surface area contributed by atoms with Gasteiger partial charge in [-0.25, -0.2) is 0 Å². The number of anilines is 2. The zero-order valence-corrected chi connectivity index (χ0v) is 19.8. The van der Waals surface area contributed by atoms with E-state index in [2.05, 4.69) is 20.8 Å². The summed E-state index contributed by atoms with van der Waals surface area (Å²) in [6, 6.07) is 1.47. The van der Waals surface area contributed by atoms with Crippen LogP contribution in [-0.2, 0) is 26.6 Å². The average Bonchev–Trinajstić information content (AvgIpc) is 3.17. The SMILES string of the molecule is CO[Si](CCCNc1nnc(NCCC[Si](OC)(OC)OC)s1)(OC)OC. The largest absolute Gasteiger partial charge is 0.500 e. The summed E-state index contributed by atoms with van der Waals surface area (Å²) in [4.78, 5) is 0. The molecule has 0 amide bonds. The number of hydrogen-bond acceptors (Lipinski definition) is 11. The second-order valence-electron chi connectivity index (χ2n) is 5.56. The number of aromatic nitrogens is 2. The molecule has 0 aliphatic carbocycles. The van der Waals surface area contributed by atoms with Crippen molar-refractivity contribution in [3.05, 3.63) is 0 Å². The first kappa shape index (κ1) is 24.4. The smallest absolute Gasteiger partial charge is 0.377 e. The van der Waals surface area contributed by atoms with E-state index in [1.54, 1.807) is 42.7 Å². The van der Waals surface area contributed by atoms with Crippen molar-refractivity contribution in [2.45, 2.75) is 24.9 Å². The van der Waals surface area contributed by atoms with Crippen molar-refractivity contribution < 1.29 is 26.6 Å². The normalized spacial score (nSPS) is 12.4. The average molecular weight is 441 g/mol. The van der Waals surface area contributed by atoms with Gasteiger partial charge in [0.25, 0.3) is 0 Å². The highest BCUT2D eigenvalue weighted by Gasteiger charge is 2.37. The van der Waals surface area contributed by atoms with E-state index in [4.69, 9.17) is 26.6 Å². The molecule has 27 heavy (non-hydrogen) atoms. The highest BCUT2D eigenvalue weighted by Crippen LogP contribution is 2.21. The van der Waals surface area contributed by atoms with Gasteiger partial charge < -0.3 is 37.2 Å². The molecule has 1 rings (SSSR count). The van der Waals surface area contributed by atoms with Crippen molar-refractivity contribution in [3.8, 4) is 0 Å². The van der Waals surface area contributed by atoms with Crippen LogP contribution in [0, 0.1) is 0 Å². The van der Waals surface area contributed by atoms with Gasteiger partial charge in [-0.2, -0.15) is 0 Å². The maximum atomic E-state index is 5.40. The Hall–Kier alpha value is -0.646. The monoisotopic (exact) mass is 440 g/mol. The summed E-state index contributed by atoms with van der Waals surface area (Å²) in [6.45, 7) is 1.48. The van der Waals surface area contributed by atoms with Crippen molar-refractivity contribution in [3.63, 3.8) is 0 Å². The van der Waals surface area contributed by atoms with Crippen molar-refractivity contribution in [2.75, 3.05) is 66.4 Å². The highest BCUT2D eigenvalue weighted by atomic mass is 32.1. The molecule has 1 aromatic heterocycles. The van der Waals surface area contributed by atoms with Gasteiger partial charge in [-0.05, 0) is 12.8 Å². The zero-order valence-electron chi connectivity index (χ0n) is 17.0. The molecule has 10 nitrogen and oxygen atoms in total. The van der Waals surface area contributed by atoms with E-state index in [0.717, 1.165) is 48.3 Å². The molecule has 2 N–H and O–H groups in total. The first-order chi connectivity index (χ1) is 13.0. The number of hydrogen-bond donors (Lipinski definition) is 2. The molecule has 0 aliphatic heterocycles. The van der Waals surface area contributed by atoms with Gasteiger partial charge in [-0.3, -0.25) is 0 Å². The fourth-order valence-corrected chi connectivity index (χ4v) is 6.62. The molecule has 0 spiro atoms. The molecule has 0 saturated carbocycles. The predicted octanol–water partition coefficient (Wildman–Crippen LogP) is 1.90. The molecular weight excluding hydrogens is 408 g/mol. The summed E-state index contributed by atoms with van der Waals surface area (Å²) in [6.07, 6.45) is 1.70. The molecule has 0 aromatic carbocycles. The third kappa shape index (κ3) is 7.71. The van der Waals surface area contributed by atoms with Crippen LogP contribution in [0.4, 0.5) is 10.3 Å². The Labute approximate surface area is 167 Å². The van der Waals surface area contributed by atoms with Crippen molar-refractivity contribution in [1.29, 1.82) is 0 Å². The van der Waals surface area contributed by atoms with Gasteiger partial charge >= 0.3 is 17.6 Å². The Kier molecular flexibility index (Phi) is 11.5. The molecule has 158 valence electrons. The lowest BCUT2D eigenvalue weighted by atomic mass is 10.5. The van der Waals surface area contributed by atoms with E-state index in [-0.39, 0.29) is 0 Å². The summed E-state index contributed by atoms with van der Waals surface area (Å²) >= 11 is 1.47. The van der Waals surface area contributed by atoms with Crippen molar-refractivity contribution in [2.24, 2.45) is 0 Å². The summed E-state index contributed by atoms with van der Waals surface area (Å²) in [7, 11) is 4.69. The van der Waals surface area contributed by atoms with Crippen LogP contribution in [0.1, 0.15) is 12.8 Å². The number of nitrogens with zero attached hydrogens (tertiary/aromatic N) is 2. The lowest BCUT2D eigenvalue weighted by Gasteiger charge is -2.24. The first-order valence-corrected chi connectivity index (χ1v) is 13.3. The van der Waals surface area contributed by atoms with Gasteiger partial charge in [0.2, 0.25) is 10.3 Å². The van der Waals surface area contributed by atoms with Gasteiger partial charge in [-0.15, -0.1) is 10.2 Å². The topological polar surface area (TPSA) is 105 Å². The fourth-order valence-electron chi connectivity index (χ4n) is 2.48. The molecule has 0 fully saturated rings. The van der Waals surface area contributed by atoms with Crippen LogP contribution < -0.4 is 10.6 Å². The third-order valence-corrected chi connectivity index (χ3v) is 10.7. The van der Waals surface area contributed by atoms with Gasteiger partial charge in [0, 0.05) is 67.8 Å². The Balaban J connectivity index is 2.29. The van der Waals surface area contributed by atoms with Crippen LogP contribution >= 0.6 is 11.3 Å². The maximum Gasteiger partial charge on any atom is 0.500 e.